The lowest BCUT2D eigenvalue weighted by molar-refractivity contribution is -0.903. The number of nitrogens with zero attached hydrogens (tertiary/aromatic N) is 5. The van der Waals surface area contributed by atoms with E-state index >= 15 is 0 Å². The van der Waals surface area contributed by atoms with Gasteiger partial charge < -0.3 is 9.22 Å². The van der Waals surface area contributed by atoms with Gasteiger partial charge in [-0.15, -0.1) is 5.10 Å². The lowest BCUT2D eigenvalue weighted by Crippen LogP contribution is -2.42. The molecule has 1 aromatic heterocycles. The minimum Gasteiger partial charge on any atom is -0.466 e. The van der Waals surface area contributed by atoms with E-state index in [1.807, 2.05) is 14.1 Å². The largest absolute Gasteiger partial charge is 0.466 e. The van der Waals surface area contributed by atoms with Crippen LogP contribution in [0.25, 0.3) is 0 Å². The number of quaternary nitrogens is 1. The molecule has 0 saturated heterocycles. The van der Waals surface area contributed by atoms with Crippen molar-refractivity contribution in [3.63, 3.8) is 0 Å². The van der Waals surface area contributed by atoms with Gasteiger partial charge in [-0.05, 0) is 42.8 Å². The number of halogens is 3. The zero-order valence-electron chi connectivity index (χ0n) is 24.8. The third-order valence-corrected chi connectivity index (χ3v) is 8.45. The lowest BCUT2D eigenvalue weighted by atomic mass is 9.89. The average Bonchev–Trinajstić information content (AvgIpc) is 3.31. The molecule has 1 aliphatic rings. The van der Waals surface area contributed by atoms with Crippen LogP contribution in [0.5, 0.6) is 0 Å². The van der Waals surface area contributed by atoms with Gasteiger partial charge in [0.1, 0.15) is 22.4 Å². The van der Waals surface area contributed by atoms with E-state index in [2.05, 4.69) is 16.3 Å². The summed E-state index contributed by atoms with van der Waals surface area (Å²) < 4.78 is 70.9. The number of ether oxygens (including phenoxy) is 1. The molecule has 2 aromatic carbocycles. The Hall–Kier alpha value is -4.42. The molecule has 0 radical (unpaired) electrons. The maximum atomic E-state index is 13.6. The SMILES string of the molecule is COC(=O)C1=C(C)N(c2cccc(C(F)(F)F)c2)c2n[nH]c(=O)n2C1c1ccc(C#N)cc1C[N+](C)(C)CCCS(C)(=O)=O. The van der Waals surface area contributed by atoms with Crippen LogP contribution in [0.1, 0.15) is 41.6 Å². The number of fused-ring (bicyclic) bond motifs is 1. The molecule has 1 unspecified atom stereocenters. The Labute approximate surface area is 252 Å². The molecule has 0 fully saturated rings. The summed E-state index contributed by atoms with van der Waals surface area (Å²) in [5.74, 6) is -0.877. The number of alkyl halides is 3. The molecule has 234 valence electrons. The van der Waals surface area contributed by atoms with Gasteiger partial charge in [-0.1, -0.05) is 12.1 Å². The lowest BCUT2D eigenvalue weighted by Gasteiger charge is -2.37. The second kappa shape index (κ2) is 11.9. The quantitative estimate of drug-likeness (QED) is 0.278. The molecule has 4 rings (SSSR count). The molecular weight excluding hydrogens is 601 g/mol. The van der Waals surface area contributed by atoms with Gasteiger partial charge in [0.05, 0.1) is 56.3 Å². The summed E-state index contributed by atoms with van der Waals surface area (Å²) in [6.07, 6.45) is -3.10. The predicted octanol–water partition coefficient (Wildman–Crippen LogP) is 3.66. The highest BCUT2D eigenvalue weighted by Crippen LogP contribution is 2.43. The standard InChI is InChI=1S/C29H31F3N6O5S/c1-18-24(26(39)43-4)25(23-11-10-19(16-33)14-20(23)17-38(2,3)12-7-13-44(5,41)42)37-27(34-35-28(37)40)36(18)22-9-6-8-21(15-22)29(30,31)32/h6,8-11,14-15,25H,7,12-13,17H2,1-5H3/p+1. The molecule has 0 bridgehead atoms. The van der Waals surface area contributed by atoms with Crippen LogP contribution in [-0.4, -0.2) is 73.4 Å². The van der Waals surface area contributed by atoms with E-state index in [9.17, 15) is 36.4 Å². The zero-order valence-corrected chi connectivity index (χ0v) is 25.6. The third kappa shape index (κ3) is 6.71. The predicted molar refractivity (Wildman–Crippen MR) is 155 cm³/mol. The second-order valence-corrected chi connectivity index (χ2v) is 13.6. The summed E-state index contributed by atoms with van der Waals surface area (Å²) in [7, 11) is 1.75. The van der Waals surface area contributed by atoms with Gasteiger partial charge in [-0.25, -0.2) is 27.7 Å². The number of methoxy groups -OCH3 is 1. The van der Waals surface area contributed by atoms with Crippen LogP contribution in [0.3, 0.4) is 0 Å². The molecule has 0 spiro atoms. The highest BCUT2D eigenvalue weighted by molar-refractivity contribution is 7.90. The van der Waals surface area contributed by atoms with E-state index in [0.717, 1.165) is 25.5 Å². The second-order valence-electron chi connectivity index (χ2n) is 11.3. The minimum atomic E-state index is -4.65. The van der Waals surface area contributed by atoms with E-state index in [1.54, 1.807) is 12.1 Å². The smallest absolute Gasteiger partial charge is 0.416 e. The molecule has 2 heterocycles. The molecule has 0 amide bonds. The van der Waals surface area contributed by atoms with Crippen LogP contribution in [0, 0.1) is 11.3 Å². The molecular formula is C29H32F3N6O5S+. The number of anilines is 2. The summed E-state index contributed by atoms with van der Waals surface area (Å²) in [5, 5.41) is 16.1. The Bertz CT molecular complexity index is 1840. The molecule has 11 nitrogen and oxygen atoms in total. The summed E-state index contributed by atoms with van der Waals surface area (Å²) in [4.78, 5) is 28.0. The van der Waals surface area contributed by atoms with E-state index in [-0.39, 0.29) is 35.2 Å². The number of nitriles is 1. The first-order chi connectivity index (χ1) is 20.5. The summed E-state index contributed by atoms with van der Waals surface area (Å²) in [5.41, 5.74) is -0.0975. The number of carbonyl (C=O) groups is 1. The molecule has 0 aliphatic carbocycles. The Morgan fingerprint density at radius 1 is 1.20 bits per heavy atom. The van der Waals surface area contributed by atoms with E-state index in [4.69, 9.17) is 4.74 Å². The maximum Gasteiger partial charge on any atom is 0.416 e. The van der Waals surface area contributed by atoms with Crippen molar-refractivity contribution < 1.29 is 35.6 Å². The van der Waals surface area contributed by atoms with Crippen molar-refractivity contribution in [1.29, 1.82) is 5.26 Å². The number of nitrogens with one attached hydrogen (secondary N) is 1. The van der Waals surface area contributed by atoms with Crippen molar-refractivity contribution in [1.82, 2.24) is 14.8 Å². The number of esters is 1. The Morgan fingerprint density at radius 3 is 2.52 bits per heavy atom. The van der Waals surface area contributed by atoms with Gasteiger partial charge in [0.2, 0.25) is 5.95 Å². The summed E-state index contributed by atoms with van der Waals surface area (Å²) in [6.45, 7) is 2.28. The molecule has 3 aromatic rings. The van der Waals surface area contributed by atoms with Crippen molar-refractivity contribution in [2.24, 2.45) is 0 Å². The fourth-order valence-corrected chi connectivity index (χ4v) is 6.11. The first kappa shape index (κ1) is 32.5. The van der Waals surface area contributed by atoms with Crippen molar-refractivity contribution in [3.8, 4) is 6.07 Å². The highest BCUT2D eigenvalue weighted by Gasteiger charge is 2.41. The van der Waals surface area contributed by atoms with E-state index in [0.29, 0.717) is 34.1 Å². The van der Waals surface area contributed by atoms with Crippen molar-refractivity contribution in [2.75, 3.05) is 44.7 Å². The number of hydrogen-bond acceptors (Lipinski definition) is 8. The number of allylic oxidation sites excluding steroid dienone is 1. The highest BCUT2D eigenvalue weighted by atomic mass is 32.2. The van der Waals surface area contributed by atoms with Gasteiger partial charge in [-0.3, -0.25) is 4.90 Å². The van der Waals surface area contributed by atoms with Crippen molar-refractivity contribution in [2.45, 2.75) is 32.1 Å². The fraction of sp³-hybridized carbons (Fsp3) is 0.379. The van der Waals surface area contributed by atoms with Crippen LogP contribution < -0.4 is 10.6 Å². The van der Waals surface area contributed by atoms with E-state index in [1.165, 1.54) is 34.6 Å². The molecule has 15 heteroatoms. The fourth-order valence-electron chi connectivity index (χ4n) is 5.45. The van der Waals surface area contributed by atoms with Gasteiger partial charge >= 0.3 is 17.8 Å². The number of aromatic amines is 1. The first-order valence-corrected chi connectivity index (χ1v) is 15.5. The van der Waals surface area contributed by atoms with Gasteiger partial charge in [0, 0.05) is 29.6 Å². The first-order valence-electron chi connectivity index (χ1n) is 13.4. The van der Waals surface area contributed by atoms with Gasteiger partial charge in [-0.2, -0.15) is 18.4 Å². The monoisotopic (exact) mass is 633 g/mol. The topological polar surface area (TPSA) is 138 Å². The average molecular weight is 634 g/mol. The van der Waals surface area contributed by atoms with Crippen LogP contribution in [0.4, 0.5) is 24.8 Å². The van der Waals surface area contributed by atoms with Gasteiger partial charge in [0.15, 0.2) is 0 Å². The molecule has 0 saturated carbocycles. The summed E-state index contributed by atoms with van der Waals surface area (Å²) >= 11 is 0. The molecule has 1 N–H and O–H groups in total. The van der Waals surface area contributed by atoms with Crippen LogP contribution >= 0.6 is 0 Å². The number of aromatic nitrogens is 3. The van der Waals surface area contributed by atoms with Gasteiger partial charge in [0.25, 0.3) is 0 Å². The van der Waals surface area contributed by atoms with E-state index < -0.39 is 39.3 Å². The molecule has 44 heavy (non-hydrogen) atoms. The number of H-pyrrole nitrogens is 1. The van der Waals surface area contributed by atoms with Crippen LogP contribution in [0.2, 0.25) is 0 Å². The number of hydrogen-bond donors (Lipinski definition) is 1. The number of rotatable bonds is 9. The number of benzene rings is 2. The van der Waals surface area contributed by atoms with Crippen LogP contribution in [-0.2, 0) is 32.1 Å². The third-order valence-electron chi connectivity index (χ3n) is 7.42. The molecule has 1 atom stereocenters. The minimum absolute atomic E-state index is 0.00400. The zero-order chi connectivity index (χ0) is 32.6. The molecule has 1 aliphatic heterocycles. The van der Waals surface area contributed by atoms with Crippen molar-refractivity contribution in [3.05, 3.63) is 86.5 Å². The normalized spacial score (nSPS) is 15.6. The maximum absolute atomic E-state index is 13.6. The summed E-state index contributed by atoms with van der Waals surface area (Å²) in [6, 6.07) is 10.2. The van der Waals surface area contributed by atoms with Crippen molar-refractivity contribution >= 4 is 27.4 Å². The Kier molecular flexibility index (Phi) is 8.81. The number of sulfone groups is 1. The Morgan fingerprint density at radius 2 is 1.91 bits per heavy atom. The number of carbonyl (C=O) groups excluding carboxylic acids is 1. The van der Waals surface area contributed by atoms with Crippen LogP contribution in [0.15, 0.2) is 58.5 Å². The Balaban J connectivity index is 1.93.